The number of hydrogen-bond donors (Lipinski definition) is 1. The van der Waals surface area contributed by atoms with Crippen molar-refractivity contribution in [1.82, 2.24) is 19.6 Å². The number of aromatic amines is 1. The highest BCUT2D eigenvalue weighted by molar-refractivity contribution is 5.91. The molecule has 19 heavy (non-hydrogen) atoms. The quantitative estimate of drug-likeness (QED) is 0.560. The Bertz CT molecular complexity index is 934. The summed E-state index contributed by atoms with van der Waals surface area (Å²) in [6, 6.07) is 9.25. The molecule has 3 heterocycles. The summed E-state index contributed by atoms with van der Waals surface area (Å²) in [4.78, 5) is 19.1. The number of benzene rings is 1. The van der Waals surface area contributed by atoms with E-state index in [2.05, 4.69) is 15.1 Å². The molecule has 0 saturated heterocycles. The summed E-state index contributed by atoms with van der Waals surface area (Å²) < 4.78 is 6.28. The maximum absolute atomic E-state index is 12.0. The molecule has 0 aliphatic rings. The Labute approximate surface area is 106 Å². The van der Waals surface area contributed by atoms with Crippen LogP contribution in [0.3, 0.4) is 0 Å². The van der Waals surface area contributed by atoms with Crippen LogP contribution in [0.4, 0.5) is 0 Å². The molecule has 0 bridgehead atoms. The molecule has 3 aromatic heterocycles. The van der Waals surface area contributed by atoms with Gasteiger partial charge in [0.15, 0.2) is 11.5 Å². The number of H-pyrrole nitrogens is 1. The van der Waals surface area contributed by atoms with Crippen LogP contribution in [0.2, 0.25) is 0 Å². The van der Waals surface area contributed by atoms with Gasteiger partial charge in [-0.2, -0.15) is 4.52 Å². The first-order valence-corrected chi connectivity index (χ1v) is 5.73. The standard InChI is InChI=1S/C13H8N4O2/c18-13-14-10-4-2-1-3-9(10)12-15-11(16-17(12)13)8-5-6-19-7-8/h1-7H,(H,14,18). The van der Waals surface area contributed by atoms with Gasteiger partial charge in [0.1, 0.15) is 6.26 Å². The van der Waals surface area contributed by atoms with E-state index in [1.54, 1.807) is 18.6 Å². The van der Waals surface area contributed by atoms with E-state index in [9.17, 15) is 4.79 Å². The van der Waals surface area contributed by atoms with Gasteiger partial charge in [-0.15, -0.1) is 5.10 Å². The Morgan fingerprint density at radius 1 is 1.21 bits per heavy atom. The van der Waals surface area contributed by atoms with E-state index >= 15 is 0 Å². The highest BCUT2D eigenvalue weighted by Crippen LogP contribution is 2.19. The van der Waals surface area contributed by atoms with Crippen LogP contribution in [0, 0.1) is 0 Å². The number of nitrogens with zero attached hydrogens (tertiary/aromatic N) is 3. The van der Waals surface area contributed by atoms with Crippen LogP contribution in [0.5, 0.6) is 0 Å². The lowest BCUT2D eigenvalue weighted by Crippen LogP contribution is -2.17. The summed E-state index contributed by atoms with van der Waals surface area (Å²) in [6.07, 6.45) is 3.09. The summed E-state index contributed by atoms with van der Waals surface area (Å²) in [5.74, 6) is 0.468. The number of rotatable bonds is 1. The maximum Gasteiger partial charge on any atom is 0.348 e. The van der Waals surface area contributed by atoms with Gasteiger partial charge in [-0.05, 0) is 18.2 Å². The number of para-hydroxylation sites is 1. The third-order valence-corrected chi connectivity index (χ3v) is 2.99. The fraction of sp³-hybridized carbons (Fsp3) is 0. The van der Waals surface area contributed by atoms with Crippen molar-refractivity contribution >= 4 is 16.6 Å². The highest BCUT2D eigenvalue weighted by Gasteiger charge is 2.12. The third-order valence-electron chi connectivity index (χ3n) is 2.99. The molecule has 0 aliphatic heterocycles. The Balaban J connectivity index is 2.16. The van der Waals surface area contributed by atoms with E-state index < -0.39 is 0 Å². The van der Waals surface area contributed by atoms with E-state index in [4.69, 9.17) is 4.42 Å². The SMILES string of the molecule is O=c1[nH]c2ccccc2c2nc(-c3ccoc3)nn12. The second-order valence-corrected chi connectivity index (χ2v) is 4.16. The Morgan fingerprint density at radius 2 is 2.11 bits per heavy atom. The van der Waals surface area contributed by atoms with Gasteiger partial charge in [0.2, 0.25) is 0 Å². The van der Waals surface area contributed by atoms with E-state index in [-0.39, 0.29) is 5.69 Å². The van der Waals surface area contributed by atoms with E-state index in [1.165, 1.54) is 4.52 Å². The number of furan rings is 1. The van der Waals surface area contributed by atoms with Crippen molar-refractivity contribution in [2.45, 2.75) is 0 Å². The molecule has 0 amide bonds. The third kappa shape index (κ3) is 1.40. The van der Waals surface area contributed by atoms with E-state index in [1.807, 2.05) is 24.3 Å². The molecule has 0 atom stereocenters. The van der Waals surface area contributed by atoms with Crippen molar-refractivity contribution in [1.29, 1.82) is 0 Å². The van der Waals surface area contributed by atoms with Crippen LogP contribution in [-0.4, -0.2) is 19.6 Å². The van der Waals surface area contributed by atoms with Crippen LogP contribution in [-0.2, 0) is 0 Å². The van der Waals surface area contributed by atoms with Crippen molar-refractivity contribution in [3.63, 3.8) is 0 Å². The van der Waals surface area contributed by atoms with Crippen LogP contribution < -0.4 is 5.69 Å². The van der Waals surface area contributed by atoms with E-state index in [0.717, 1.165) is 16.5 Å². The molecule has 1 aromatic carbocycles. The molecule has 4 rings (SSSR count). The van der Waals surface area contributed by atoms with Crippen molar-refractivity contribution in [2.75, 3.05) is 0 Å². The summed E-state index contributed by atoms with van der Waals surface area (Å²) in [7, 11) is 0. The monoisotopic (exact) mass is 252 g/mol. The molecule has 0 saturated carbocycles. The highest BCUT2D eigenvalue weighted by atomic mass is 16.3. The van der Waals surface area contributed by atoms with Gasteiger partial charge in [0.25, 0.3) is 0 Å². The lowest BCUT2D eigenvalue weighted by Gasteiger charge is -1.97. The normalized spacial score (nSPS) is 11.4. The van der Waals surface area contributed by atoms with Gasteiger partial charge in [-0.1, -0.05) is 12.1 Å². The van der Waals surface area contributed by atoms with Crippen LogP contribution >= 0.6 is 0 Å². The number of aromatic nitrogens is 4. The zero-order chi connectivity index (χ0) is 12.8. The minimum atomic E-state index is -0.309. The lowest BCUT2D eigenvalue weighted by atomic mass is 10.2. The molecule has 4 aromatic rings. The van der Waals surface area contributed by atoms with Crippen LogP contribution in [0.1, 0.15) is 0 Å². The smallest absolute Gasteiger partial charge is 0.348 e. The zero-order valence-electron chi connectivity index (χ0n) is 9.70. The van der Waals surface area contributed by atoms with Crippen molar-refractivity contribution < 1.29 is 4.42 Å². The topological polar surface area (TPSA) is 76.2 Å². The molecule has 0 radical (unpaired) electrons. The molecule has 6 heteroatoms. The molecular weight excluding hydrogens is 244 g/mol. The van der Waals surface area contributed by atoms with Gasteiger partial charge in [-0.25, -0.2) is 9.78 Å². The Kier molecular flexibility index (Phi) is 1.88. The average molecular weight is 252 g/mol. The lowest BCUT2D eigenvalue weighted by molar-refractivity contribution is 0.568. The summed E-state index contributed by atoms with van der Waals surface area (Å²) >= 11 is 0. The second-order valence-electron chi connectivity index (χ2n) is 4.16. The van der Waals surface area contributed by atoms with Gasteiger partial charge >= 0.3 is 5.69 Å². The summed E-state index contributed by atoms with van der Waals surface area (Å²) in [5, 5.41) is 5.06. The van der Waals surface area contributed by atoms with E-state index in [0.29, 0.717) is 11.5 Å². The van der Waals surface area contributed by atoms with Crippen LogP contribution in [0.25, 0.3) is 27.9 Å². The first kappa shape index (κ1) is 10.1. The first-order valence-electron chi connectivity index (χ1n) is 5.73. The minimum absolute atomic E-state index is 0.309. The molecule has 0 aliphatic carbocycles. The first-order chi connectivity index (χ1) is 9.33. The van der Waals surface area contributed by atoms with Crippen molar-refractivity contribution in [3.05, 3.63) is 53.3 Å². The number of nitrogens with one attached hydrogen (secondary N) is 1. The molecule has 0 unspecified atom stereocenters. The molecule has 0 fully saturated rings. The number of hydrogen-bond acceptors (Lipinski definition) is 4. The van der Waals surface area contributed by atoms with Crippen molar-refractivity contribution in [3.8, 4) is 11.4 Å². The Morgan fingerprint density at radius 3 is 2.95 bits per heavy atom. The largest absolute Gasteiger partial charge is 0.472 e. The predicted octanol–water partition coefficient (Wildman–Crippen LogP) is 1.83. The molecule has 92 valence electrons. The zero-order valence-corrected chi connectivity index (χ0v) is 9.70. The minimum Gasteiger partial charge on any atom is -0.472 e. The molecule has 0 spiro atoms. The van der Waals surface area contributed by atoms with Crippen LogP contribution in [0.15, 0.2) is 52.1 Å². The number of fused-ring (bicyclic) bond motifs is 3. The maximum atomic E-state index is 12.0. The van der Waals surface area contributed by atoms with Gasteiger partial charge in [0, 0.05) is 5.39 Å². The second kappa shape index (κ2) is 3.55. The van der Waals surface area contributed by atoms with Gasteiger partial charge in [0.05, 0.1) is 17.3 Å². The van der Waals surface area contributed by atoms with Crippen molar-refractivity contribution in [2.24, 2.45) is 0 Å². The molecule has 1 N–H and O–H groups in total. The predicted molar refractivity (Wildman–Crippen MR) is 68.8 cm³/mol. The van der Waals surface area contributed by atoms with Gasteiger partial charge < -0.3 is 9.40 Å². The fourth-order valence-electron chi connectivity index (χ4n) is 2.10. The molecular formula is C13H8N4O2. The molecule has 6 nitrogen and oxygen atoms in total. The summed E-state index contributed by atoms with van der Waals surface area (Å²) in [6.45, 7) is 0. The average Bonchev–Trinajstić information content (AvgIpc) is 3.08. The summed E-state index contributed by atoms with van der Waals surface area (Å²) in [5.41, 5.74) is 1.71. The Hall–Kier alpha value is -2.89. The van der Waals surface area contributed by atoms with Gasteiger partial charge in [-0.3, -0.25) is 0 Å². The fourth-order valence-corrected chi connectivity index (χ4v) is 2.10.